The average Bonchev–Trinajstić information content (AvgIpc) is 3.34. The maximum Gasteiger partial charge on any atom is 0.220 e. The van der Waals surface area contributed by atoms with E-state index in [1.165, 1.54) is 51.4 Å². The Balaban J connectivity index is 1.58. The average molecular weight is 992 g/mol. The summed E-state index contributed by atoms with van der Waals surface area (Å²) >= 11 is 0. The molecule has 19 nitrogen and oxygen atoms in total. The minimum Gasteiger partial charge on any atom is -0.394 e. The van der Waals surface area contributed by atoms with E-state index in [0.717, 1.165) is 57.8 Å². The van der Waals surface area contributed by atoms with Gasteiger partial charge in [0, 0.05) is 6.42 Å². The predicted molar refractivity (Wildman–Crippen MR) is 254 cm³/mol. The number of aliphatic hydroxyl groups is 11. The molecule has 0 spiro atoms. The molecule has 12 N–H and O–H groups in total. The first-order valence-corrected chi connectivity index (χ1v) is 25.7. The van der Waals surface area contributed by atoms with Crippen molar-refractivity contribution in [3.8, 4) is 0 Å². The molecule has 3 aliphatic rings. The summed E-state index contributed by atoms with van der Waals surface area (Å²) in [6.45, 7) is 1.60. The first kappa shape index (κ1) is 61.3. The zero-order valence-corrected chi connectivity index (χ0v) is 41.0. The van der Waals surface area contributed by atoms with Gasteiger partial charge in [0.05, 0.1) is 38.6 Å². The van der Waals surface area contributed by atoms with Crippen LogP contribution >= 0.6 is 0 Å². The Hall–Kier alpha value is -1.99. The molecule has 17 atom stereocenters. The fraction of sp³-hybridized carbons (Fsp3) is 0.860. The van der Waals surface area contributed by atoms with E-state index in [4.69, 9.17) is 28.4 Å². The number of hydrogen-bond acceptors (Lipinski definition) is 18. The van der Waals surface area contributed by atoms with E-state index in [1.54, 1.807) is 6.08 Å². The number of unbranched alkanes of at least 4 members (excludes halogenated alkanes) is 15. The lowest BCUT2D eigenvalue weighted by Gasteiger charge is -2.48. The summed E-state index contributed by atoms with van der Waals surface area (Å²) < 4.78 is 34.0. The summed E-state index contributed by atoms with van der Waals surface area (Å²) in [5.41, 5.74) is 0. The molecule has 0 radical (unpaired) electrons. The van der Waals surface area contributed by atoms with Crippen molar-refractivity contribution < 1.29 is 89.4 Å². The van der Waals surface area contributed by atoms with Crippen molar-refractivity contribution in [1.29, 1.82) is 0 Å². The number of ether oxygens (including phenoxy) is 6. The maximum absolute atomic E-state index is 13.2. The summed E-state index contributed by atoms with van der Waals surface area (Å²) in [4.78, 5) is 13.2. The number of amides is 1. The molecular weight excluding hydrogens is 903 g/mol. The molecular formula is C50H89NO18. The molecule has 1 amide bonds. The highest BCUT2D eigenvalue weighted by Gasteiger charge is 2.53. The van der Waals surface area contributed by atoms with Gasteiger partial charge in [-0.15, -0.1) is 0 Å². The third kappa shape index (κ3) is 21.2. The highest BCUT2D eigenvalue weighted by atomic mass is 16.8. The SMILES string of the molecule is CCCCC/C=C\CCCCCCCC(=O)NC(COC1OC(CO)C(OC2OC(CO)C(OC3OC(CO)C(O)C(O)C3O)C(O)C2O)C(O)C1O)C(O)/C=C/CC/C=C/CCCCCCCC. The smallest absolute Gasteiger partial charge is 0.220 e. The van der Waals surface area contributed by atoms with E-state index in [2.05, 4.69) is 43.5 Å². The van der Waals surface area contributed by atoms with Gasteiger partial charge in [-0.05, 0) is 57.8 Å². The molecule has 0 saturated carbocycles. The van der Waals surface area contributed by atoms with Gasteiger partial charge in [0.1, 0.15) is 73.2 Å². The normalized spacial score (nSPS) is 33.1. The molecule has 402 valence electrons. The Labute approximate surface area is 409 Å². The third-order valence-electron chi connectivity index (χ3n) is 12.9. The van der Waals surface area contributed by atoms with Crippen LogP contribution in [0.25, 0.3) is 0 Å². The maximum atomic E-state index is 13.2. The van der Waals surface area contributed by atoms with Crippen LogP contribution in [0.1, 0.15) is 142 Å². The number of carbonyl (C=O) groups excluding carboxylic acids is 1. The van der Waals surface area contributed by atoms with Gasteiger partial charge in [0.15, 0.2) is 18.9 Å². The first-order chi connectivity index (χ1) is 33.3. The first-order valence-electron chi connectivity index (χ1n) is 25.7. The van der Waals surface area contributed by atoms with Crippen molar-refractivity contribution >= 4 is 5.91 Å². The van der Waals surface area contributed by atoms with Crippen LogP contribution in [-0.4, -0.2) is 193 Å². The zero-order valence-electron chi connectivity index (χ0n) is 41.0. The van der Waals surface area contributed by atoms with Crippen LogP contribution in [0.5, 0.6) is 0 Å². The van der Waals surface area contributed by atoms with Gasteiger partial charge < -0.3 is 89.9 Å². The molecule has 3 rings (SSSR count). The van der Waals surface area contributed by atoms with E-state index in [9.17, 15) is 61.0 Å². The van der Waals surface area contributed by atoms with E-state index in [1.807, 2.05) is 6.08 Å². The van der Waals surface area contributed by atoms with Crippen molar-refractivity contribution in [1.82, 2.24) is 5.32 Å². The third-order valence-corrected chi connectivity index (χ3v) is 12.9. The zero-order chi connectivity index (χ0) is 50.6. The summed E-state index contributed by atoms with van der Waals surface area (Å²) in [6.07, 6.45) is 5.86. The van der Waals surface area contributed by atoms with Crippen molar-refractivity contribution in [3.05, 3.63) is 36.5 Å². The molecule has 3 saturated heterocycles. The number of allylic oxidation sites excluding steroid dienone is 5. The molecule has 3 fully saturated rings. The molecule has 17 unspecified atom stereocenters. The van der Waals surface area contributed by atoms with Crippen molar-refractivity contribution in [2.45, 2.75) is 247 Å². The van der Waals surface area contributed by atoms with Crippen molar-refractivity contribution in [3.63, 3.8) is 0 Å². The van der Waals surface area contributed by atoms with Gasteiger partial charge in [-0.1, -0.05) is 115 Å². The largest absolute Gasteiger partial charge is 0.394 e. The number of rotatable bonds is 35. The lowest BCUT2D eigenvalue weighted by atomic mass is 9.96. The van der Waals surface area contributed by atoms with Gasteiger partial charge in [-0.2, -0.15) is 0 Å². The summed E-state index contributed by atoms with van der Waals surface area (Å²) in [5, 5.41) is 119. The molecule has 0 aromatic carbocycles. The minimum absolute atomic E-state index is 0.224. The van der Waals surface area contributed by atoms with Crippen LogP contribution < -0.4 is 5.32 Å². The standard InChI is InChI=1S/C50H89NO18/c1-3-5-7-9-11-13-15-17-19-21-23-25-27-34(55)33(51-38(56)28-26-24-22-20-18-16-14-12-10-8-6-4-2)32-64-48-44(62)41(59)46(36(30-53)66-48)69-50-45(63)42(60)47(37(31-54)67-50)68-49-43(61)40(58)39(57)35(29-52)65-49/h12,14,17,19,25,27,33-37,39-50,52-55,57-63H,3-11,13,15-16,18,20-24,26,28-32H2,1-2H3,(H,51,56)/b14-12-,19-17+,27-25+. The fourth-order valence-corrected chi connectivity index (χ4v) is 8.55. The van der Waals surface area contributed by atoms with E-state index in [0.29, 0.717) is 12.8 Å². The van der Waals surface area contributed by atoms with Crippen molar-refractivity contribution in [2.24, 2.45) is 0 Å². The predicted octanol–water partition coefficient (Wildman–Crippen LogP) is 1.81. The van der Waals surface area contributed by atoms with Crippen LogP contribution in [0, 0.1) is 0 Å². The second-order valence-electron chi connectivity index (χ2n) is 18.6. The Morgan fingerprint density at radius 2 is 0.928 bits per heavy atom. The van der Waals surface area contributed by atoms with E-state index in [-0.39, 0.29) is 18.9 Å². The number of carbonyl (C=O) groups is 1. The monoisotopic (exact) mass is 992 g/mol. The van der Waals surface area contributed by atoms with Crippen LogP contribution in [-0.2, 0) is 33.2 Å². The quantitative estimate of drug-likeness (QED) is 0.0318. The molecule has 3 aliphatic heterocycles. The number of hydrogen-bond donors (Lipinski definition) is 12. The molecule has 0 bridgehead atoms. The van der Waals surface area contributed by atoms with Crippen LogP contribution in [0.4, 0.5) is 0 Å². The van der Waals surface area contributed by atoms with Gasteiger partial charge in [-0.3, -0.25) is 4.79 Å². The number of nitrogens with one attached hydrogen (secondary N) is 1. The van der Waals surface area contributed by atoms with Crippen LogP contribution in [0.2, 0.25) is 0 Å². The summed E-state index contributed by atoms with van der Waals surface area (Å²) in [7, 11) is 0. The minimum atomic E-state index is -1.98. The molecule has 0 aromatic rings. The van der Waals surface area contributed by atoms with Gasteiger partial charge in [-0.25, -0.2) is 0 Å². The lowest BCUT2D eigenvalue weighted by molar-refractivity contribution is -0.379. The summed E-state index contributed by atoms with van der Waals surface area (Å²) in [5.74, 6) is -0.300. The van der Waals surface area contributed by atoms with Crippen molar-refractivity contribution in [2.75, 3.05) is 26.4 Å². The Bertz CT molecular complexity index is 1420. The second kappa shape index (κ2) is 35.2. The second-order valence-corrected chi connectivity index (χ2v) is 18.6. The highest BCUT2D eigenvalue weighted by Crippen LogP contribution is 2.33. The molecule has 69 heavy (non-hydrogen) atoms. The number of aliphatic hydroxyl groups excluding tert-OH is 11. The van der Waals surface area contributed by atoms with Gasteiger partial charge in [0.2, 0.25) is 5.91 Å². The Morgan fingerprint density at radius 3 is 1.48 bits per heavy atom. The molecule has 3 heterocycles. The van der Waals surface area contributed by atoms with E-state index < -0.39 is 124 Å². The van der Waals surface area contributed by atoms with E-state index >= 15 is 0 Å². The topological polar surface area (TPSA) is 307 Å². The van der Waals surface area contributed by atoms with Gasteiger partial charge in [0.25, 0.3) is 0 Å². The van der Waals surface area contributed by atoms with Gasteiger partial charge >= 0.3 is 0 Å². The Morgan fingerprint density at radius 1 is 0.507 bits per heavy atom. The van der Waals surface area contributed by atoms with Crippen LogP contribution in [0.3, 0.4) is 0 Å². The molecule has 0 aromatic heterocycles. The van der Waals surface area contributed by atoms with Crippen LogP contribution in [0.15, 0.2) is 36.5 Å². The molecule has 19 heteroatoms. The lowest BCUT2D eigenvalue weighted by Crippen LogP contribution is -2.66. The molecule has 0 aliphatic carbocycles. The summed E-state index contributed by atoms with van der Waals surface area (Å²) in [6, 6.07) is -0.989. The Kier molecular flexibility index (Phi) is 31.3. The fourth-order valence-electron chi connectivity index (χ4n) is 8.55. The highest BCUT2D eigenvalue weighted by molar-refractivity contribution is 5.76.